The highest BCUT2D eigenvalue weighted by Gasteiger charge is 2.44. The van der Waals surface area contributed by atoms with Crippen LogP contribution in [0, 0.1) is 11.8 Å². The number of ether oxygens (including phenoxy) is 1. The summed E-state index contributed by atoms with van der Waals surface area (Å²) < 4.78 is 6.57. The maximum Gasteiger partial charge on any atom is 0.288 e. The summed E-state index contributed by atoms with van der Waals surface area (Å²) in [5, 5.41) is 33.5. The van der Waals surface area contributed by atoms with Crippen LogP contribution in [0.25, 0.3) is 0 Å². The van der Waals surface area contributed by atoms with Crippen molar-refractivity contribution in [2.75, 3.05) is 6.61 Å². The molecule has 0 bridgehead atoms. The van der Waals surface area contributed by atoms with Gasteiger partial charge in [-0.3, -0.25) is 4.79 Å². The van der Waals surface area contributed by atoms with E-state index in [0.717, 1.165) is 23.1 Å². The first-order valence-corrected chi connectivity index (χ1v) is 9.94. The van der Waals surface area contributed by atoms with Gasteiger partial charge >= 0.3 is 0 Å². The summed E-state index contributed by atoms with van der Waals surface area (Å²) in [5.41, 5.74) is 7.24. The summed E-state index contributed by atoms with van der Waals surface area (Å²) in [6.07, 6.45) is -0.327. The number of hydrogen-bond acceptors (Lipinski definition) is 7. The number of hydrogen-bond donors (Lipinski definition) is 4. The number of benzene rings is 1. The third kappa shape index (κ3) is 4.86. The van der Waals surface area contributed by atoms with Crippen LogP contribution in [-0.2, 0) is 11.2 Å². The highest BCUT2D eigenvalue weighted by Crippen LogP contribution is 2.29. The fraction of sp³-hybridized carbons (Fsp3) is 0.476. The fourth-order valence-electron chi connectivity index (χ4n) is 3.23. The number of amides is 1. The van der Waals surface area contributed by atoms with Crippen LogP contribution in [0.1, 0.15) is 60.0 Å². The van der Waals surface area contributed by atoms with Gasteiger partial charge in [-0.15, -0.1) is 5.10 Å². The number of aliphatic hydroxyl groups excluding tert-OH is 3. The third-order valence-electron chi connectivity index (χ3n) is 4.95. The van der Waals surface area contributed by atoms with E-state index in [-0.39, 0.29) is 11.6 Å². The average Bonchev–Trinajstić information content (AvgIpc) is 3.29. The molecule has 4 atom stereocenters. The first-order valence-electron chi connectivity index (χ1n) is 9.94. The first-order chi connectivity index (χ1) is 14.4. The Kier molecular flexibility index (Phi) is 7.18. The standard InChI is InChI=1S/C21H26N4O5/c1-2-3-4-5-13-6-8-14(9-7-13)10-11-16-23-20(19(22)29)24-25(16)21-18(28)17(27)15(12-26)30-21/h6-9,15,17-18,21,26-28H,2-5,12H2,1H3,(H2,22,29)/t15-,17-,18-,21-/m1/s1. The van der Waals surface area contributed by atoms with Crippen molar-refractivity contribution in [1.82, 2.24) is 14.8 Å². The van der Waals surface area contributed by atoms with Crippen LogP contribution in [0.4, 0.5) is 0 Å². The van der Waals surface area contributed by atoms with Crippen LogP contribution in [0.3, 0.4) is 0 Å². The van der Waals surface area contributed by atoms with E-state index in [4.69, 9.17) is 10.5 Å². The molecular formula is C21H26N4O5. The number of aryl methyl sites for hydroxylation is 1. The Morgan fingerprint density at radius 2 is 1.93 bits per heavy atom. The van der Waals surface area contributed by atoms with Gasteiger partial charge in [0.2, 0.25) is 11.6 Å². The Bertz CT molecular complexity index is 931. The number of nitrogens with two attached hydrogens (primary N) is 1. The number of primary amides is 1. The average molecular weight is 414 g/mol. The van der Waals surface area contributed by atoms with Gasteiger partial charge in [-0.05, 0) is 36.5 Å². The quantitative estimate of drug-likeness (QED) is 0.372. The molecule has 0 saturated carbocycles. The molecule has 5 N–H and O–H groups in total. The summed E-state index contributed by atoms with van der Waals surface area (Å²) in [5.74, 6) is 4.66. The van der Waals surface area contributed by atoms with E-state index in [1.165, 1.54) is 18.4 Å². The lowest BCUT2D eigenvalue weighted by molar-refractivity contribution is -0.0592. The molecule has 1 saturated heterocycles. The molecule has 2 aromatic rings. The van der Waals surface area contributed by atoms with Crippen LogP contribution in [0.2, 0.25) is 0 Å². The molecule has 0 spiro atoms. The summed E-state index contributed by atoms with van der Waals surface area (Å²) in [6.45, 7) is 1.68. The topological polar surface area (TPSA) is 144 Å². The fourth-order valence-corrected chi connectivity index (χ4v) is 3.23. The lowest BCUT2D eigenvalue weighted by Gasteiger charge is -2.15. The molecule has 30 heavy (non-hydrogen) atoms. The smallest absolute Gasteiger partial charge is 0.288 e. The van der Waals surface area contributed by atoms with Crippen molar-refractivity contribution in [3.05, 3.63) is 47.0 Å². The summed E-state index contributed by atoms with van der Waals surface area (Å²) >= 11 is 0. The molecule has 1 aromatic carbocycles. The van der Waals surface area contributed by atoms with Crippen molar-refractivity contribution in [2.45, 2.75) is 57.1 Å². The van der Waals surface area contributed by atoms with E-state index in [1.807, 2.05) is 24.3 Å². The number of nitrogens with zero attached hydrogens (tertiary/aromatic N) is 3. The summed E-state index contributed by atoms with van der Waals surface area (Å²) in [4.78, 5) is 15.5. The second-order valence-electron chi connectivity index (χ2n) is 7.20. The van der Waals surface area contributed by atoms with E-state index < -0.39 is 37.1 Å². The summed E-state index contributed by atoms with van der Waals surface area (Å²) in [6, 6.07) is 7.84. The van der Waals surface area contributed by atoms with Gasteiger partial charge < -0.3 is 25.8 Å². The normalized spacial score (nSPS) is 23.2. The monoisotopic (exact) mass is 414 g/mol. The Morgan fingerprint density at radius 3 is 2.53 bits per heavy atom. The van der Waals surface area contributed by atoms with E-state index in [0.29, 0.717) is 0 Å². The second-order valence-corrected chi connectivity index (χ2v) is 7.20. The highest BCUT2D eigenvalue weighted by molar-refractivity contribution is 5.88. The molecule has 9 nitrogen and oxygen atoms in total. The van der Waals surface area contributed by atoms with Gasteiger partial charge in [-0.25, -0.2) is 4.68 Å². The van der Waals surface area contributed by atoms with E-state index >= 15 is 0 Å². The maximum atomic E-state index is 11.5. The van der Waals surface area contributed by atoms with Crippen LogP contribution < -0.4 is 5.73 Å². The van der Waals surface area contributed by atoms with Gasteiger partial charge in [0.1, 0.15) is 18.3 Å². The van der Waals surface area contributed by atoms with E-state index in [9.17, 15) is 20.1 Å². The van der Waals surface area contributed by atoms with Gasteiger partial charge in [-0.2, -0.15) is 4.98 Å². The lowest BCUT2D eigenvalue weighted by Crippen LogP contribution is -2.33. The molecule has 0 aliphatic carbocycles. The molecule has 1 aliphatic heterocycles. The second kappa shape index (κ2) is 9.82. The Labute approximate surface area is 174 Å². The molecule has 2 heterocycles. The first kappa shape index (κ1) is 21.9. The predicted molar refractivity (Wildman–Crippen MR) is 107 cm³/mol. The largest absolute Gasteiger partial charge is 0.394 e. The van der Waals surface area contributed by atoms with Crippen LogP contribution in [-0.4, -0.2) is 60.9 Å². The highest BCUT2D eigenvalue weighted by atomic mass is 16.6. The van der Waals surface area contributed by atoms with Crippen molar-refractivity contribution in [3.63, 3.8) is 0 Å². The number of carbonyl (C=O) groups is 1. The van der Waals surface area contributed by atoms with Crippen LogP contribution in [0.15, 0.2) is 24.3 Å². The Morgan fingerprint density at radius 1 is 1.20 bits per heavy atom. The molecule has 1 amide bonds. The van der Waals surface area contributed by atoms with E-state index in [1.54, 1.807) is 0 Å². The number of rotatable bonds is 7. The molecule has 1 aromatic heterocycles. The molecule has 3 rings (SSSR count). The van der Waals surface area contributed by atoms with E-state index in [2.05, 4.69) is 28.8 Å². The van der Waals surface area contributed by atoms with Crippen molar-refractivity contribution in [1.29, 1.82) is 0 Å². The minimum Gasteiger partial charge on any atom is -0.394 e. The van der Waals surface area contributed by atoms with Crippen LogP contribution in [0.5, 0.6) is 0 Å². The van der Waals surface area contributed by atoms with Gasteiger partial charge in [-0.1, -0.05) is 37.8 Å². The molecular weight excluding hydrogens is 388 g/mol. The van der Waals surface area contributed by atoms with Crippen molar-refractivity contribution < 1.29 is 24.9 Å². The molecule has 0 radical (unpaired) electrons. The molecule has 1 aliphatic rings. The van der Waals surface area contributed by atoms with Gasteiger partial charge in [0.05, 0.1) is 6.61 Å². The summed E-state index contributed by atoms with van der Waals surface area (Å²) in [7, 11) is 0. The molecule has 0 unspecified atom stereocenters. The van der Waals surface area contributed by atoms with Gasteiger partial charge in [0.25, 0.3) is 5.91 Å². The van der Waals surface area contributed by atoms with Crippen LogP contribution >= 0.6 is 0 Å². The van der Waals surface area contributed by atoms with Gasteiger partial charge in [0.15, 0.2) is 6.23 Å². The Hall–Kier alpha value is -2.77. The Balaban J connectivity index is 1.84. The molecule has 160 valence electrons. The van der Waals surface area contributed by atoms with Crippen molar-refractivity contribution >= 4 is 5.91 Å². The zero-order chi connectivity index (χ0) is 21.7. The maximum absolute atomic E-state index is 11.5. The van der Waals surface area contributed by atoms with Crippen molar-refractivity contribution in [3.8, 4) is 11.8 Å². The number of unbranched alkanes of at least 4 members (excludes halogenated alkanes) is 2. The minimum absolute atomic E-state index is 0.0469. The van der Waals surface area contributed by atoms with Crippen molar-refractivity contribution in [2.24, 2.45) is 5.73 Å². The number of aliphatic hydroxyl groups is 3. The zero-order valence-electron chi connectivity index (χ0n) is 16.7. The third-order valence-corrected chi connectivity index (χ3v) is 4.95. The molecule has 1 fully saturated rings. The number of aromatic nitrogens is 3. The zero-order valence-corrected chi connectivity index (χ0v) is 16.7. The predicted octanol–water partition coefficient (Wildman–Crippen LogP) is 0.121. The molecule has 9 heteroatoms. The minimum atomic E-state index is -1.38. The number of carbonyl (C=O) groups excluding carboxylic acids is 1. The lowest BCUT2D eigenvalue weighted by atomic mass is 10.1. The SMILES string of the molecule is CCCCCc1ccc(C#Cc2nc(C(N)=O)nn2[C@@H]2O[C@H](CO)[C@@H](O)[C@H]2O)cc1. The van der Waals surface area contributed by atoms with Gasteiger partial charge in [0, 0.05) is 5.56 Å².